The van der Waals surface area contributed by atoms with Crippen molar-refractivity contribution in [2.45, 2.75) is 33.6 Å². The summed E-state index contributed by atoms with van der Waals surface area (Å²) in [6.07, 6.45) is 1.60. The quantitative estimate of drug-likeness (QED) is 0.783. The first kappa shape index (κ1) is 17.3. The fourth-order valence-corrected chi connectivity index (χ4v) is 2.77. The predicted octanol–water partition coefficient (Wildman–Crippen LogP) is 2.48. The molecule has 126 valence electrons. The first-order valence-electron chi connectivity index (χ1n) is 8.16. The van der Waals surface area contributed by atoms with Crippen LogP contribution in [0.2, 0.25) is 0 Å². The van der Waals surface area contributed by atoms with E-state index in [-0.39, 0.29) is 24.4 Å². The minimum Gasteiger partial charge on any atom is -0.483 e. The molecule has 1 unspecified atom stereocenters. The number of rotatable bonds is 5. The van der Waals surface area contributed by atoms with Crippen molar-refractivity contribution in [2.24, 2.45) is 5.92 Å². The van der Waals surface area contributed by atoms with Gasteiger partial charge in [0.05, 0.1) is 12.5 Å². The Bertz CT molecular complexity index is 570. The Morgan fingerprint density at radius 1 is 1.30 bits per heavy atom. The molecule has 1 aliphatic rings. The van der Waals surface area contributed by atoms with Crippen LogP contribution in [0.25, 0.3) is 0 Å². The highest BCUT2D eigenvalue weighted by Gasteiger charge is 2.29. The summed E-state index contributed by atoms with van der Waals surface area (Å²) in [6, 6.07) is 5.80. The van der Waals surface area contributed by atoms with Gasteiger partial charge < -0.3 is 14.4 Å². The molecule has 1 atom stereocenters. The minimum atomic E-state index is -0.214. The normalized spacial score (nSPS) is 17.7. The smallest absolute Gasteiger partial charge is 0.310 e. The summed E-state index contributed by atoms with van der Waals surface area (Å²) in [5.41, 5.74) is 2.18. The molecule has 0 radical (unpaired) electrons. The molecule has 0 saturated carbocycles. The van der Waals surface area contributed by atoms with Gasteiger partial charge in [-0.1, -0.05) is 12.1 Å². The van der Waals surface area contributed by atoms with Crippen LogP contribution in [0.3, 0.4) is 0 Å². The molecule has 1 fully saturated rings. The Balaban J connectivity index is 1.90. The maximum atomic E-state index is 12.3. The van der Waals surface area contributed by atoms with Crippen molar-refractivity contribution >= 4 is 11.9 Å². The van der Waals surface area contributed by atoms with Crippen molar-refractivity contribution in [3.8, 4) is 5.75 Å². The van der Waals surface area contributed by atoms with Crippen LogP contribution in [0.1, 0.15) is 30.9 Å². The van der Waals surface area contributed by atoms with Gasteiger partial charge in [0.25, 0.3) is 5.91 Å². The van der Waals surface area contributed by atoms with Gasteiger partial charge in [-0.05, 0) is 50.8 Å². The molecule has 1 aromatic carbocycles. The van der Waals surface area contributed by atoms with Crippen molar-refractivity contribution in [3.63, 3.8) is 0 Å². The van der Waals surface area contributed by atoms with Crippen LogP contribution in [-0.4, -0.2) is 43.1 Å². The maximum Gasteiger partial charge on any atom is 0.310 e. The molecule has 2 rings (SSSR count). The van der Waals surface area contributed by atoms with Gasteiger partial charge >= 0.3 is 5.97 Å². The summed E-state index contributed by atoms with van der Waals surface area (Å²) < 4.78 is 10.7. The molecule has 0 spiro atoms. The zero-order chi connectivity index (χ0) is 16.8. The van der Waals surface area contributed by atoms with Crippen molar-refractivity contribution in [2.75, 3.05) is 26.3 Å². The van der Waals surface area contributed by atoms with Gasteiger partial charge in [0.15, 0.2) is 6.61 Å². The van der Waals surface area contributed by atoms with Crippen LogP contribution < -0.4 is 4.74 Å². The molecule has 1 aliphatic heterocycles. The number of aryl methyl sites for hydroxylation is 1. The first-order valence-corrected chi connectivity index (χ1v) is 8.16. The zero-order valence-electron chi connectivity index (χ0n) is 14.1. The average Bonchev–Trinajstić information content (AvgIpc) is 2.56. The number of carbonyl (C=O) groups is 2. The second-order valence-electron chi connectivity index (χ2n) is 5.92. The largest absolute Gasteiger partial charge is 0.483 e. The second kappa shape index (κ2) is 7.99. The Hall–Kier alpha value is -2.04. The fourth-order valence-electron chi connectivity index (χ4n) is 2.77. The third kappa shape index (κ3) is 4.47. The molecular weight excluding hydrogens is 294 g/mol. The van der Waals surface area contributed by atoms with E-state index < -0.39 is 0 Å². The van der Waals surface area contributed by atoms with Crippen LogP contribution in [0.15, 0.2) is 18.2 Å². The molecule has 1 aromatic rings. The van der Waals surface area contributed by atoms with E-state index in [1.807, 2.05) is 32.0 Å². The minimum absolute atomic E-state index is 0.000160. The van der Waals surface area contributed by atoms with Crippen molar-refractivity contribution in [1.82, 2.24) is 4.90 Å². The summed E-state index contributed by atoms with van der Waals surface area (Å²) in [6.45, 7) is 7.25. The number of nitrogens with zero attached hydrogens (tertiary/aromatic N) is 1. The Morgan fingerprint density at radius 2 is 2.09 bits per heavy atom. The van der Waals surface area contributed by atoms with E-state index in [4.69, 9.17) is 9.47 Å². The lowest BCUT2D eigenvalue weighted by Gasteiger charge is -2.31. The van der Waals surface area contributed by atoms with Gasteiger partial charge in [-0.25, -0.2) is 0 Å². The molecule has 1 amide bonds. The van der Waals surface area contributed by atoms with Crippen molar-refractivity contribution in [3.05, 3.63) is 29.3 Å². The van der Waals surface area contributed by atoms with Gasteiger partial charge in [0, 0.05) is 13.1 Å². The van der Waals surface area contributed by atoms with Crippen LogP contribution in [0.4, 0.5) is 0 Å². The number of benzene rings is 1. The lowest BCUT2D eigenvalue weighted by atomic mass is 9.98. The summed E-state index contributed by atoms with van der Waals surface area (Å²) >= 11 is 0. The standard InChI is InChI=1S/C18H25NO4/c1-4-22-18(21)15-8-6-10-19(11-15)17(20)12-23-16-9-5-7-13(2)14(16)3/h5,7,9,15H,4,6,8,10-12H2,1-3H3. The number of likely N-dealkylation sites (tertiary alicyclic amines) is 1. The topological polar surface area (TPSA) is 55.8 Å². The summed E-state index contributed by atoms with van der Waals surface area (Å²) in [4.78, 5) is 25.9. The molecule has 1 heterocycles. The number of amides is 1. The van der Waals surface area contributed by atoms with E-state index in [1.165, 1.54) is 0 Å². The lowest BCUT2D eigenvalue weighted by molar-refractivity contribution is -0.151. The van der Waals surface area contributed by atoms with Crippen LogP contribution in [0, 0.1) is 19.8 Å². The third-order valence-corrected chi connectivity index (χ3v) is 4.30. The monoisotopic (exact) mass is 319 g/mol. The van der Waals surface area contributed by atoms with E-state index in [2.05, 4.69) is 0 Å². The summed E-state index contributed by atoms with van der Waals surface area (Å²) in [5, 5.41) is 0. The van der Waals surface area contributed by atoms with Crippen molar-refractivity contribution in [1.29, 1.82) is 0 Å². The van der Waals surface area contributed by atoms with Gasteiger partial charge in [-0.15, -0.1) is 0 Å². The number of esters is 1. The number of hydrogen-bond donors (Lipinski definition) is 0. The van der Waals surface area contributed by atoms with E-state index in [0.717, 1.165) is 29.7 Å². The van der Waals surface area contributed by atoms with Crippen LogP contribution in [-0.2, 0) is 14.3 Å². The molecular formula is C18H25NO4. The van der Waals surface area contributed by atoms with Gasteiger partial charge in [0.1, 0.15) is 5.75 Å². The molecule has 5 nitrogen and oxygen atoms in total. The Kier molecular flexibility index (Phi) is 6.02. The van der Waals surface area contributed by atoms with E-state index in [1.54, 1.807) is 11.8 Å². The highest BCUT2D eigenvalue weighted by Crippen LogP contribution is 2.21. The Morgan fingerprint density at radius 3 is 2.83 bits per heavy atom. The Labute approximate surface area is 137 Å². The van der Waals surface area contributed by atoms with E-state index in [9.17, 15) is 9.59 Å². The third-order valence-electron chi connectivity index (χ3n) is 4.30. The molecule has 0 aromatic heterocycles. The maximum absolute atomic E-state index is 12.3. The average molecular weight is 319 g/mol. The zero-order valence-corrected chi connectivity index (χ0v) is 14.1. The SMILES string of the molecule is CCOC(=O)C1CCCN(C(=O)COc2cccc(C)c2C)C1. The second-order valence-corrected chi connectivity index (χ2v) is 5.92. The number of piperidine rings is 1. The lowest BCUT2D eigenvalue weighted by Crippen LogP contribution is -2.44. The van der Waals surface area contributed by atoms with Gasteiger partial charge in [-0.3, -0.25) is 9.59 Å². The molecule has 0 bridgehead atoms. The van der Waals surface area contributed by atoms with Crippen molar-refractivity contribution < 1.29 is 19.1 Å². The van der Waals surface area contributed by atoms with Crippen LogP contribution >= 0.6 is 0 Å². The van der Waals surface area contributed by atoms with Gasteiger partial charge in [0.2, 0.25) is 0 Å². The molecule has 23 heavy (non-hydrogen) atoms. The first-order chi connectivity index (χ1) is 11.0. The molecule has 0 N–H and O–H groups in total. The highest BCUT2D eigenvalue weighted by atomic mass is 16.5. The number of hydrogen-bond acceptors (Lipinski definition) is 4. The van der Waals surface area contributed by atoms with Crippen LogP contribution in [0.5, 0.6) is 5.75 Å². The highest BCUT2D eigenvalue weighted by molar-refractivity contribution is 5.79. The number of ether oxygens (including phenoxy) is 2. The van der Waals surface area contributed by atoms with Gasteiger partial charge in [-0.2, -0.15) is 0 Å². The summed E-state index contributed by atoms with van der Waals surface area (Å²) in [7, 11) is 0. The number of carbonyl (C=O) groups excluding carboxylic acids is 2. The van der Waals surface area contributed by atoms with E-state index >= 15 is 0 Å². The predicted molar refractivity (Wildman–Crippen MR) is 87.3 cm³/mol. The summed E-state index contributed by atoms with van der Waals surface area (Å²) in [5.74, 6) is 0.228. The molecule has 0 aliphatic carbocycles. The molecule has 1 saturated heterocycles. The van der Waals surface area contributed by atoms with E-state index in [0.29, 0.717) is 19.7 Å². The fraction of sp³-hybridized carbons (Fsp3) is 0.556. The molecule has 5 heteroatoms.